The second-order valence-corrected chi connectivity index (χ2v) is 4.77. The molecule has 0 fully saturated rings. The molecule has 1 unspecified atom stereocenters. The summed E-state index contributed by atoms with van der Waals surface area (Å²) in [6.45, 7) is 2.90. The number of benzene rings is 1. The second-order valence-electron chi connectivity index (χ2n) is 4.77. The van der Waals surface area contributed by atoms with Crippen LogP contribution < -0.4 is 5.32 Å². The van der Waals surface area contributed by atoms with Crippen molar-refractivity contribution in [3.8, 4) is 0 Å². The monoisotopic (exact) mass is 268 g/mol. The molecule has 0 heterocycles. The molecule has 0 aliphatic carbocycles. The average molecular weight is 268 g/mol. The highest BCUT2D eigenvalue weighted by atomic mass is 19.1. The number of rotatable bonds is 7. The lowest BCUT2D eigenvalue weighted by molar-refractivity contribution is -0.145. The first-order valence-corrected chi connectivity index (χ1v) is 6.32. The molecule has 0 spiro atoms. The minimum atomic E-state index is -1.37. The molecule has 0 aliphatic heterocycles. The van der Waals surface area contributed by atoms with E-state index in [0.29, 0.717) is 13.1 Å². The Morgan fingerprint density at radius 3 is 2.53 bits per heavy atom. The first-order valence-electron chi connectivity index (χ1n) is 6.32. The highest BCUT2D eigenvalue weighted by Crippen LogP contribution is 2.27. The molecule has 4 nitrogen and oxygen atoms in total. The number of likely N-dealkylation sites (N-methyl/N-ethyl adjacent to an activating group) is 1. The maximum absolute atomic E-state index is 13.9. The minimum Gasteiger partial charge on any atom is -0.480 e. The predicted molar refractivity (Wildman–Crippen MR) is 72.6 cm³/mol. The molecular weight excluding hydrogens is 247 g/mol. The van der Waals surface area contributed by atoms with Crippen LogP contribution in [0, 0.1) is 5.82 Å². The standard InChI is InChI=1S/C14H21FN2O2/c1-4-14(13(18)19,16-9-10-17(2)3)11-7-5-6-8-12(11)15/h5-8,16H,4,9-10H2,1-3H3,(H,18,19). The van der Waals surface area contributed by atoms with Gasteiger partial charge in [0.1, 0.15) is 11.4 Å². The lowest BCUT2D eigenvalue weighted by Gasteiger charge is -2.31. The summed E-state index contributed by atoms with van der Waals surface area (Å²) >= 11 is 0. The number of nitrogens with zero attached hydrogens (tertiary/aromatic N) is 1. The summed E-state index contributed by atoms with van der Waals surface area (Å²) in [7, 11) is 3.80. The number of halogens is 1. The van der Waals surface area contributed by atoms with E-state index < -0.39 is 17.3 Å². The van der Waals surface area contributed by atoms with Crippen molar-refractivity contribution in [2.45, 2.75) is 18.9 Å². The van der Waals surface area contributed by atoms with Crippen molar-refractivity contribution in [2.75, 3.05) is 27.2 Å². The number of aliphatic carboxylic acids is 1. The first kappa shape index (κ1) is 15.6. The highest BCUT2D eigenvalue weighted by molar-refractivity contribution is 5.80. The molecule has 0 amide bonds. The van der Waals surface area contributed by atoms with Crippen molar-refractivity contribution in [3.63, 3.8) is 0 Å². The summed E-state index contributed by atoms with van der Waals surface area (Å²) in [5.74, 6) is -1.55. The van der Waals surface area contributed by atoms with Gasteiger partial charge in [-0.1, -0.05) is 25.1 Å². The van der Waals surface area contributed by atoms with E-state index in [2.05, 4.69) is 5.32 Å². The van der Waals surface area contributed by atoms with Crippen molar-refractivity contribution in [1.29, 1.82) is 0 Å². The zero-order valence-corrected chi connectivity index (χ0v) is 11.6. The quantitative estimate of drug-likeness (QED) is 0.790. The van der Waals surface area contributed by atoms with E-state index in [4.69, 9.17) is 0 Å². The molecule has 1 aromatic carbocycles. The third-order valence-corrected chi connectivity index (χ3v) is 3.21. The van der Waals surface area contributed by atoms with Crippen LogP contribution in [0.3, 0.4) is 0 Å². The maximum atomic E-state index is 13.9. The minimum absolute atomic E-state index is 0.184. The van der Waals surface area contributed by atoms with Crippen LogP contribution in [0.4, 0.5) is 4.39 Å². The summed E-state index contributed by atoms with van der Waals surface area (Å²) in [5, 5.41) is 12.5. The Morgan fingerprint density at radius 2 is 2.05 bits per heavy atom. The van der Waals surface area contributed by atoms with Gasteiger partial charge in [0, 0.05) is 18.7 Å². The lowest BCUT2D eigenvalue weighted by Crippen LogP contribution is -2.51. The van der Waals surface area contributed by atoms with Crippen LogP contribution in [-0.4, -0.2) is 43.2 Å². The molecule has 0 aromatic heterocycles. The molecular formula is C14H21FN2O2. The molecule has 106 valence electrons. The van der Waals surface area contributed by atoms with Gasteiger partial charge < -0.3 is 10.0 Å². The van der Waals surface area contributed by atoms with Gasteiger partial charge in [-0.15, -0.1) is 0 Å². The van der Waals surface area contributed by atoms with Gasteiger partial charge in [0.2, 0.25) is 0 Å². The van der Waals surface area contributed by atoms with Gasteiger partial charge >= 0.3 is 5.97 Å². The maximum Gasteiger partial charge on any atom is 0.328 e. The van der Waals surface area contributed by atoms with Crippen LogP contribution in [0.15, 0.2) is 24.3 Å². The van der Waals surface area contributed by atoms with Crippen LogP contribution in [-0.2, 0) is 10.3 Å². The van der Waals surface area contributed by atoms with E-state index in [-0.39, 0.29) is 12.0 Å². The number of carboxylic acids is 1. The van der Waals surface area contributed by atoms with Crippen molar-refractivity contribution in [3.05, 3.63) is 35.6 Å². The second kappa shape index (κ2) is 6.63. The third-order valence-electron chi connectivity index (χ3n) is 3.21. The fourth-order valence-electron chi connectivity index (χ4n) is 2.05. The largest absolute Gasteiger partial charge is 0.480 e. The van der Waals surface area contributed by atoms with Crippen LogP contribution in [0.25, 0.3) is 0 Å². The molecule has 2 N–H and O–H groups in total. The molecule has 1 aromatic rings. The van der Waals surface area contributed by atoms with E-state index in [1.54, 1.807) is 19.1 Å². The van der Waals surface area contributed by atoms with Gasteiger partial charge in [0.25, 0.3) is 0 Å². The van der Waals surface area contributed by atoms with Gasteiger partial charge in [0.15, 0.2) is 0 Å². The highest BCUT2D eigenvalue weighted by Gasteiger charge is 2.40. The van der Waals surface area contributed by atoms with Gasteiger partial charge in [-0.25, -0.2) is 9.18 Å². The van der Waals surface area contributed by atoms with Crippen LogP contribution in [0.1, 0.15) is 18.9 Å². The average Bonchev–Trinajstić information content (AvgIpc) is 2.35. The third kappa shape index (κ3) is 3.52. The van der Waals surface area contributed by atoms with E-state index in [9.17, 15) is 14.3 Å². The molecule has 0 bridgehead atoms. The van der Waals surface area contributed by atoms with Crippen molar-refractivity contribution in [1.82, 2.24) is 10.2 Å². The van der Waals surface area contributed by atoms with Crippen LogP contribution in [0.5, 0.6) is 0 Å². The molecule has 19 heavy (non-hydrogen) atoms. The van der Waals surface area contributed by atoms with E-state index >= 15 is 0 Å². The van der Waals surface area contributed by atoms with Crippen LogP contribution in [0.2, 0.25) is 0 Å². The Morgan fingerprint density at radius 1 is 1.42 bits per heavy atom. The summed E-state index contributed by atoms with van der Waals surface area (Å²) in [5.41, 5.74) is -1.19. The van der Waals surface area contributed by atoms with Gasteiger partial charge in [0.05, 0.1) is 0 Å². The lowest BCUT2D eigenvalue weighted by atomic mass is 9.86. The predicted octanol–water partition coefficient (Wildman–Crippen LogP) is 1.67. The Balaban J connectivity index is 3.06. The van der Waals surface area contributed by atoms with Crippen molar-refractivity contribution < 1.29 is 14.3 Å². The number of carboxylic acid groups (broad SMARTS) is 1. The fraction of sp³-hybridized carbons (Fsp3) is 0.500. The zero-order valence-electron chi connectivity index (χ0n) is 11.6. The molecule has 0 aliphatic rings. The van der Waals surface area contributed by atoms with Gasteiger partial charge in [-0.05, 0) is 26.6 Å². The molecule has 1 atom stereocenters. The van der Waals surface area contributed by atoms with E-state index in [1.807, 2.05) is 19.0 Å². The molecule has 0 saturated carbocycles. The zero-order chi connectivity index (χ0) is 14.5. The molecule has 1 rings (SSSR count). The number of hydrogen-bond donors (Lipinski definition) is 2. The number of carbonyl (C=O) groups is 1. The van der Waals surface area contributed by atoms with Gasteiger partial charge in [-0.2, -0.15) is 0 Å². The Bertz CT molecular complexity index is 437. The van der Waals surface area contributed by atoms with E-state index in [1.165, 1.54) is 12.1 Å². The number of hydrogen-bond acceptors (Lipinski definition) is 3. The van der Waals surface area contributed by atoms with Crippen molar-refractivity contribution >= 4 is 5.97 Å². The summed E-state index contributed by atoms with van der Waals surface area (Å²) in [4.78, 5) is 13.6. The Labute approximate surface area is 113 Å². The number of nitrogens with one attached hydrogen (secondary N) is 1. The molecule has 0 saturated heterocycles. The summed E-state index contributed by atoms with van der Waals surface area (Å²) in [6.07, 6.45) is 0.274. The fourth-order valence-corrected chi connectivity index (χ4v) is 2.05. The Kier molecular flexibility index (Phi) is 5.44. The first-order chi connectivity index (χ1) is 8.94. The molecule has 0 radical (unpaired) electrons. The van der Waals surface area contributed by atoms with Gasteiger partial charge in [-0.3, -0.25) is 5.32 Å². The van der Waals surface area contributed by atoms with Crippen LogP contribution >= 0.6 is 0 Å². The van der Waals surface area contributed by atoms with Crippen molar-refractivity contribution in [2.24, 2.45) is 0 Å². The Hall–Kier alpha value is -1.46. The summed E-state index contributed by atoms with van der Waals surface area (Å²) < 4.78 is 13.9. The smallest absolute Gasteiger partial charge is 0.328 e. The molecule has 5 heteroatoms. The normalized spacial score (nSPS) is 14.4. The topological polar surface area (TPSA) is 52.6 Å². The van der Waals surface area contributed by atoms with E-state index in [0.717, 1.165) is 0 Å². The SMILES string of the molecule is CCC(NCCN(C)C)(C(=O)O)c1ccccc1F. The summed E-state index contributed by atoms with van der Waals surface area (Å²) in [6, 6.07) is 6.02.